The zero-order valence-electron chi connectivity index (χ0n) is 10.8. The predicted molar refractivity (Wildman–Crippen MR) is 73.8 cm³/mol. The van der Waals surface area contributed by atoms with Crippen molar-refractivity contribution in [3.8, 4) is 11.5 Å². The van der Waals surface area contributed by atoms with Gasteiger partial charge in [0.05, 0.1) is 19.2 Å². The van der Waals surface area contributed by atoms with Crippen LogP contribution in [0.1, 0.15) is 5.56 Å². The molecule has 0 aliphatic rings. The first-order valence-corrected chi connectivity index (χ1v) is 6.20. The molecule has 1 aromatic carbocycles. The number of carboxylic acid groups (broad SMARTS) is 1. The van der Waals surface area contributed by atoms with E-state index in [1.807, 2.05) is 0 Å². The maximum atomic E-state index is 11.0. The number of carbonyl (C=O) groups is 1. The molecule has 106 valence electrons. The zero-order valence-corrected chi connectivity index (χ0v) is 12.3. The number of rotatable bonds is 6. The molecule has 0 radical (unpaired) electrons. The number of hydrogen-bond acceptors (Lipinski definition) is 4. The van der Waals surface area contributed by atoms with Crippen molar-refractivity contribution in [1.29, 1.82) is 0 Å². The van der Waals surface area contributed by atoms with Crippen LogP contribution >= 0.6 is 23.2 Å². The highest BCUT2D eigenvalue weighted by atomic mass is 35.5. The van der Waals surface area contributed by atoms with E-state index in [9.17, 15) is 4.79 Å². The van der Waals surface area contributed by atoms with Crippen LogP contribution in [0.4, 0.5) is 0 Å². The molecule has 0 fully saturated rings. The van der Waals surface area contributed by atoms with Crippen LogP contribution in [0, 0.1) is 0 Å². The molecule has 0 aliphatic carbocycles. The van der Waals surface area contributed by atoms with E-state index in [0.29, 0.717) is 22.1 Å². The van der Waals surface area contributed by atoms with Crippen molar-refractivity contribution in [2.75, 3.05) is 21.3 Å². The number of methoxy groups -OCH3 is 2. The molecule has 1 atom stereocenters. The monoisotopic (exact) mass is 307 g/mol. The van der Waals surface area contributed by atoms with Crippen LogP contribution in [-0.4, -0.2) is 38.4 Å². The van der Waals surface area contributed by atoms with E-state index < -0.39 is 12.0 Å². The molecule has 0 bridgehead atoms. The molecule has 1 rings (SSSR count). The highest BCUT2D eigenvalue weighted by molar-refractivity contribution is 6.37. The number of nitrogens with one attached hydrogen (secondary N) is 1. The van der Waals surface area contributed by atoms with Crippen LogP contribution in [0.2, 0.25) is 10.0 Å². The Labute approximate surface area is 121 Å². The van der Waals surface area contributed by atoms with Crippen molar-refractivity contribution in [2.45, 2.75) is 12.5 Å². The molecule has 5 nitrogen and oxygen atoms in total. The molecule has 2 N–H and O–H groups in total. The zero-order chi connectivity index (χ0) is 14.6. The van der Waals surface area contributed by atoms with Crippen molar-refractivity contribution >= 4 is 29.2 Å². The molecule has 1 aromatic rings. The number of benzene rings is 1. The summed E-state index contributed by atoms with van der Waals surface area (Å²) in [6.45, 7) is 0. The van der Waals surface area contributed by atoms with Crippen molar-refractivity contribution in [2.24, 2.45) is 0 Å². The first kappa shape index (κ1) is 15.9. The van der Waals surface area contributed by atoms with Gasteiger partial charge in [-0.1, -0.05) is 23.2 Å². The second-order valence-corrected chi connectivity index (χ2v) is 4.56. The number of ether oxygens (including phenoxy) is 2. The van der Waals surface area contributed by atoms with E-state index in [1.165, 1.54) is 14.2 Å². The number of carboxylic acids is 1. The Balaban J connectivity index is 3.24. The number of halogens is 2. The summed E-state index contributed by atoms with van der Waals surface area (Å²) in [5, 5.41) is 12.3. The van der Waals surface area contributed by atoms with Crippen LogP contribution in [0.5, 0.6) is 11.5 Å². The maximum absolute atomic E-state index is 11.0. The summed E-state index contributed by atoms with van der Waals surface area (Å²) in [5.41, 5.74) is 0.503. The molecule has 0 amide bonds. The molecule has 0 heterocycles. The Bertz CT molecular complexity index is 479. The Kier molecular flexibility index (Phi) is 5.72. The van der Waals surface area contributed by atoms with E-state index in [0.717, 1.165) is 0 Å². The largest absolute Gasteiger partial charge is 0.493 e. The summed E-state index contributed by atoms with van der Waals surface area (Å²) in [7, 11) is 4.48. The molecule has 7 heteroatoms. The lowest BCUT2D eigenvalue weighted by Crippen LogP contribution is -2.35. The lowest BCUT2D eigenvalue weighted by molar-refractivity contribution is -0.139. The lowest BCUT2D eigenvalue weighted by Gasteiger charge is -2.17. The first-order chi connectivity index (χ1) is 8.96. The molecule has 19 heavy (non-hydrogen) atoms. The molecule has 0 saturated carbocycles. The summed E-state index contributed by atoms with van der Waals surface area (Å²) >= 11 is 12.3. The minimum absolute atomic E-state index is 0.143. The lowest BCUT2D eigenvalue weighted by atomic mass is 10.0. The standard InChI is InChI=1S/C12H15Cl2NO4/c1-15-8(12(16)17)4-6-7(13)5-9(18-2)11(19-3)10(6)14/h5,8,15H,4H2,1-3H3,(H,16,17)/t8-/m1/s1. The predicted octanol–water partition coefficient (Wildman–Crippen LogP) is 2.23. The van der Waals surface area contributed by atoms with Crippen LogP contribution in [-0.2, 0) is 11.2 Å². The topological polar surface area (TPSA) is 67.8 Å². The molecule has 0 unspecified atom stereocenters. The third-order valence-corrected chi connectivity index (χ3v) is 3.45. The van der Waals surface area contributed by atoms with Gasteiger partial charge in [-0.05, 0) is 12.6 Å². The fourth-order valence-corrected chi connectivity index (χ4v) is 2.33. The van der Waals surface area contributed by atoms with E-state index in [2.05, 4.69) is 5.32 Å². The second-order valence-electron chi connectivity index (χ2n) is 3.77. The van der Waals surface area contributed by atoms with Crippen molar-refractivity contribution in [3.05, 3.63) is 21.7 Å². The fraction of sp³-hybridized carbons (Fsp3) is 0.417. The van der Waals surface area contributed by atoms with E-state index in [1.54, 1.807) is 13.1 Å². The number of aliphatic carboxylic acids is 1. The average Bonchev–Trinajstić information content (AvgIpc) is 2.37. The van der Waals surface area contributed by atoms with Crippen LogP contribution in [0.3, 0.4) is 0 Å². The maximum Gasteiger partial charge on any atom is 0.321 e. The minimum Gasteiger partial charge on any atom is -0.493 e. The number of hydrogen-bond donors (Lipinski definition) is 2. The van der Waals surface area contributed by atoms with E-state index in [-0.39, 0.29) is 11.4 Å². The quantitative estimate of drug-likeness (QED) is 0.843. The van der Waals surface area contributed by atoms with Crippen LogP contribution in [0.25, 0.3) is 0 Å². The minimum atomic E-state index is -0.982. The van der Waals surface area contributed by atoms with E-state index >= 15 is 0 Å². The second kappa shape index (κ2) is 6.84. The van der Waals surface area contributed by atoms with Gasteiger partial charge in [0.1, 0.15) is 6.04 Å². The third kappa shape index (κ3) is 3.43. The van der Waals surface area contributed by atoms with Crippen molar-refractivity contribution < 1.29 is 19.4 Å². The molecular weight excluding hydrogens is 293 g/mol. The Hall–Kier alpha value is -1.17. The normalized spacial score (nSPS) is 12.1. The van der Waals surface area contributed by atoms with Gasteiger partial charge in [-0.3, -0.25) is 4.79 Å². The van der Waals surface area contributed by atoms with Crippen molar-refractivity contribution in [3.63, 3.8) is 0 Å². The SMILES string of the molecule is CN[C@H](Cc1c(Cl)cc(OC)c(OC)c1Cl)C(=O)O. The van der Waals surface area contributed by atoms with Crippen LogP contribution in [0.15, 0.2) is 6.07 Å². The molecule has 0 spiro atoms. The van der Waals surface area contributed by atoms with Gasteiger partial charge in [-0.25, -0.2) is 0 Å². The molecule has 0 aliphatic heterocycles. The van der Waals surface area contributed by atoms with Gasteiger partial charge in [-0.15, -0.1) is 0 Å². The van der Waals surface area contributed by atoms with Gasteiger partial charge in [0.25, 0.3) is 0 Å². The summed E-state index contributed by atoms with van der Waals surface area (Å²) in [4.78, 5) is 11.0. The van der Waals surface area contributed by atoms with Gasteiger partial charge in [-0.2, -0.15) is 0 Å². The highest BCUT2D eigenvalue weighted by Gasteiger charge is 2.23. The fourth-order valence-electron chi connectivity index (χ4n) is 1.66. The van der Waals surface area contributed by atoms with Crippen molar-refractivity contribution in [1.82, 2.24) is 5.32 Å². The third-order valence-electron chi connectivity index (χ3n) is 2.71. The molecular formula is C12H15Cl2NO4. The van der Waals surface area contributed by atoms with E-state index in [4.69, 9.17) is 37.8 Å². The van der Waals surface area contributed by atoms with Gasteiger partial charge in [0.2, 0.25) is 0 Å². The molecule has 0 saturated heterocycles. The van der Waals surface area contributed by atoms with Crippen LogP contribution < -0.4 is 14.8 Å². The summed E-state index contributed by atoms with van der Waals surface area (Å²) in [6, 6.07) is 0.768. The Morgan fingerprint density at radius 3 is 2.47 bits per heavy atom. The number of likely N-dealkylation sites (N-methyl/N-ethyl adjacent to an activating group) is 1. The van der Waals surface area contributed by atoms with Gasteiger partial charge >= 0.3 is 5.97 Å². The summed E-state index contributed by atoms with van der Waals surface area (Å²) in [5.74, 6) is -0.245. The Morgan fingerprint density at radius 1 is 1.42 bits per heavy atom. The average molecular weight is 308 g/mol. The first-order valence-electron chi connectivity index (χ1n) is 5.45. The smallest absolute Gasteiger partial charge is 0.321 e. The van der Waals surface area contributed by atoms with Gasteiger partial charge in [0, 0.05) is 17.5 Å². The highest BCUT2D eigenvalue weighted by Crippen LogP contribution is 2.41. The Morgan fingerprint density at radius 2 is 2.05 bits per heavy atom. The summed E-state index contributed by atoms with van der Waals surface area (Å²) in [6.07, 6.45) is 0.143. The van der Waals surface area contributed by atoms with Gasteiger partial charge < -0.3 is 19.9 Å². The molecule has 0 aromatic heterocycles. The summed E-state index contributed by atoms with van der Waals surface area (Å²) < 4.78 is 10.3. The van der Waals surface area contributed by atoms with Gasteiger partial charge in [0.15, 0.2) is 11.5 Å².